The van der Waals surface area contributed by atoms with Crippen molar-refractivity contribution in [2.24, 2.45) is 7.05 Å². The molecule has 5 rings (SSSR count). The van der Waals surface area contributed by atoms with Crippen molar-refractivity contribution in [3.05, 3.63) is 77.4 Å². The fraction of sp³-hybridized carbons (Fsp3) is 0.400. The Morgan fingerprint density at radius 3 is 2.53 bits per heavy atom. The molecule has 3 aromatic rings. The molecule has 2 heterocycles. The molecule has 0 N–H and O–H groups in total. The van der Waals surface area contributed by atoms with E-state index >= 15 is 0 Å². The van der Waals surface area contributed by atoms with Gasteiger partial charge in [-0.1, -0.05) is 36.4 Å². The quantitative estimate of drug-likeness (QED) is 0.650. The Kier molecular flexibility index (Phi) is 4.95. The van der Waals surface area contributed by atoms with Crippen molar-refractivity contribution in [3.63, 3.8) is 0 Å². The largest absolute Gasteiger partial charge is 0.305 e. The maximum absolute atomic E-state index is 14.6. The van der Waals surface area contributed by atoms with E-state index in [1.54, 1.807) is 6.07 Å². The summed E-state index contributed by atoms with van der Waals surface area (Å²) in [5.74, 6) is 0.374. The van der Waals surface area contributed by atoms with E-state index in [2.05, 4.69) is 59.3 Å². The summed E-state index contributed by atoms with van der Waals surface area (Å²) in [4.78, 5) is 4.84. The summed E-state index contributed by atoms with van der Waals surface area (Å²) in [6, 6.07) is 15.1. The number of hydrogen-bond acceptors (Lipinski definition) is 3. The first-order chi connectivity index (χ1) is 14.5. The lowest BCUT2D eigenvalue weighted by Gasteiger charge is -2.26. The minimum Gasteiger partial charge on any atom is -0.305 e. The van der Waals surface area contributed by atoms with Crippen LogP contribution in [0.2, 0.25) is 0 Å². The Morgan fingerprint density at radius 1 is 1.03 bits per heavy atom. The van der Waals surface area contributed by atoms with Crippen molar-refractivity contribution in [2.45, 2.75) is 30.8 Å². The summed E-state index contributed by atoms with van der Waals surface area (Å²) in [7, 11) is 6.26. The fourth-order valence-electron chi connectivity index (χ4n) is 5.39. The van der Waals surface area contributed by atoms with Crippen LogP contribution in [0.3, 0.4) is 0 Å². The van der Waals surface area contributed by atoms with Gasteiger partial charge in [0.25, 0.3) is 0 Å². The summed E-state index contributed by atoms with van der Waals surface area (Å²) in [6.45, 7) is 1.94. The molecule has 156 valence electrons. The highest BCUT2D eigenvalue weighted by molar-refractivity contribution is 5.62. The zero-order valence-corrected chi connectivity index (χ0v) is 17.9. The van der Waals surface area contributed by atoms with E-state index in [1.807, 2.05) is 30.2 Å². The second kappa shape index (κ2) is 7.64. The molecule has 30 heavy (non-hydrogen) atoms. The molecule has 0 amide bonds. The number of halogens is 1. The molecule has 1 saturated heterocycles. The fourth-order valence-corrected chi connectivity index (χ4v) is 5.39. The normalized spacial score (nSPS) is 24.0. The molecule has 1 aliphatic heterocycles. The molecule has 1 unspecified atom stereocenters. The number of aryl methyl sites for hydroxylation is 2. The van der Waals surface area contributed by atoms with E-state index in [-0.39, 0.29) is 11.9 Å². The lowest BCUT2D eigenvalue weighted by atomic mass is 9.92. The molecular weight excluding hydrogens is 375 g/mol. The Labute approximate surface area is 177 Å². The first-order valence-electron chi connectivity index (χ1n) is 10.8. The average molecular weight is 405 g/mol. The van der Waals surface area contributed by atoms with Gasteiger partial charge < -0.3 is 4.90 Å². The first-order valence-corrected chi connectivity index (χ1v) is 10.8. The van der Waals surface area contributed by atoms with Crippen molar-refractivity contribution < 1.29 is 4.39 Å². The minimum atomic E-state index is -0.0410. The first kappa shape index (κ1) is 19.5. The second-order valence-corrected chi connectivity index (χ2v) is 8.98. The lowest BCUT2D eigenvalue weighted by molar-refractivity contribution is 0.213. The molecule has 0 spiro atoms. The number of nitrogens with zero attached hydrogens (tertiary/aromatic N) is 4. The molecule has 3 atom stereocenters. The van der Waals surface area contributed by atoms with E-state index in [9.17, 15) is 4.39 Å². The van der Waals surface area contributed by atoms with E-state index in [0.717, 1.165) is 37.1 Å². The van der Waals surface area contributed by atoms with Crippen LogP contribution in [0.5, 0.6) is 0 Å². The third kappa shape index (κ3) is 3.36. The van der Waals surface area contributed by atoms with Crippen LogP contribution in [0.15, 0.2) is 54.9 Å². The van der Waals surface area contributed by atoms with Gasteiger partial charge in [-0.3, -0.25) is 9.58 Å². The zero-order chi connectivity index (χ0) is 20.8. The molecule has 1 aliphatic carbocycles. The van der Waals surface area contributed by atoms with Gasteiger partial charge in [0.1, 0.15) is 5.82 Å². The third-order valence-corrected chi connectivity index (χ3v) is 6.96. The van der Waals surface area contributed by atoms with Crippen LogP contribution in [0.25, 0.3) is 11.1 Å². The van der Waals surface area contributed by atoms with Gasteiger partial charge >= 0.3 is 0 Å². The van der Waals surface area contributed by atoms with E-state index in [4.69, 9.17) is 0 Å². The van der Waals surface area contributed by atoms with Gasteiger partial charge in [0.2, 0.25) is 0 Å². The average Bonchev–Trinajstić information content (AvgIpc) is 3.46. The number of benzene rings is 2. The van der Waals surface area contributed by atoms with Crippen LogP contribution in [0.4, 0.5) is 4.39 Å². The predicted octanol–water partition coefficient (Wildman–Crippen LogP) is 4.24. The Bertz CT molecular complexity index is 1040. The molecule has 4 nitrogen and oxygen atoms in total. The van der Waals surface area contributed by atoms with Gasteiger partial charge in [-0.25, -0.2) is 4.39 Å². The number of likely N-dealkylation sites (N-methyl/N-ethyl adjacent to an activating group) is 1. The Balaban J connectivity index is 1.41. The smallest absolute Gasteiger partial charge is 0.128 e. The highest BCUT2D eigenvalue weighted by atomic mass is 19.1. The second-order valence-electron chi connectivity index (χ2n) is 8.98. The summed E-state index contributed by atoms with van der Waals surface area (Å²) >= 11 is 0. The van der Waals surface area contributed by atoms with E-state index < -0.39 is 0 Å². The van der Waals surface area contributed by atoms with Gasteiger partial charge in [0.05, 0.1) is 6.20 Å². The van der Waals surface area contributed by atoms with Crippen LogP contribution in [-0.4, -0.2) is 52.8 Å². The molecule has 0 radical (unpaired) electrons. The highest BCUT2D eigenvalue weighted by Crippen LogP contribution is 2.42. The van der Waals surface area contributed by atoms with Crippen molar-refractivity contribution in [3.8, 4) is 11.1 Å². The molecule has 0 bridgehead atoms. The monoisotopic (exact) mass is 404 g/mol. The van der Waals surface area contributed by atoms with Gasteiger partial charge in [-0.2, -0.15) is 5.10 Å². The molecular formula is C25H29FN4. The molecule has 1 aromatic heterocycles. The highest BCUT2D eigenvalue weighted by Gasteiger charge is 2.41. The zero-order valence-electron chi connectivity index (χ0n) is 17.9. The molecule has 0 saturated carbocycles. The standard InChI is InChI=1S/C25H29FN4/c1-28(2)24-16-30(23-12-11-19-5-4-6-22(26)25(19)23)15-21(24)18-9-7-17(8-10-18)20-13-27-29(3)14-20/h4-10,13-14,21,23-24H,11-12,15-16H2,1-3H3/t21-,23?,24+/m1/s1. The number of fused-ring (bicyclic) bond motifs is 1. The van der Waals surface area contributed by atoms with Gasteiger partial charge in [-0.15, -0.1) is 0 Å². The molecule has 5 heteroatoms. The molecule has 2 aromatic carbocycles. The maximum atomic E-state index is 14.6. The number of likely N-dealkylation sites (tertiary alicyclic amines) is 1. The van der Waals surface area contributed by atoms with E-state index in [1.165, 1.54) is 16.7 Å². The topological polar surface area (TPSA) is 24.3 Å². The van der Waals surface area contributed by atoms with Crippen molar-refractivity contribution in [1.29, 1.82) is 0 Å². The number of rotatable bonds is 4. The van der Waals surface area contributed by atoms with Gasteiger partial charge in [0, 0.05) is 55.5 Å². The lowest BCUT2D eigenvalue weighted by Crippen LogP contribution is -2.35. The van der Waals surface area contributed by atoms with Crippen LogP contribution < -0.4 is 0 Å². The van der Waals surface area contributed by atoms with Crippen molar-refractivity contribution >= 4 is 0 Å². The van der Waals surface area contributed by atoms with Crippen LogP contribution in [0, 0.1) is 5.82 Å². The third-order valence-electron chi connectivity index (χ3n) is 6.96. The van der Waals surface area contributed by atoms with Gasteiger partial charge in [0.15, 0.2) is 0 Å². The minimum absolute atomic E-state index is 0.0410. The maximum Gasteiger partial charge on any atom is 0.128 e. The van der Waals surface area contributed by atoms with Crippen LogP contribution >= 0.6 is 0 Å². The SMILES string of the molecule is CN(C)[C@H]1CN(C2CCc3cccc(F)c32)C[C@@H]1c1ccc(-c2cnn(C)c2)cc1. The Morgan fingerprint density at radius 2 is 1.83 bits per heavy atom. The predicted molar refractivity (Wildman–Crippen MR) is 118 cm³/mol. The molecule has 1 fully saturated rings. The van der Waals surface area contributed by atoms with Crippen LogP contribution in [-0.2, 0) is 13.5 Å². The van der Waals surface area contributed by atoms with Crippen molar-refractivity contribution in [2.75, 3.05) is 27.2 Å². The van der Waals surface area contributed by atoms with Crippen LogP contribution in [0.1, 0.15) is 35.1 Å². The summed E-state index contributed by atoms with van der Waals surface area (Å²) in [6.07, 6.45) is 5.94. The number of aromatic nitrogens is 2. The van der Waals surface area contributed by atoms with Crippen molar-refractivity contribution in [1.82, 2.24) is 19.6 Å². The van der Waals surface area contributed by atoms with E-state index in [0.29, 0.717) is 12.0 Å². The van der Waals surface area contributed by atoms with Gasteiger partial charge in [-0.05, 0) is 49.7 Å². The summed E-state index contributed by atoms with van der Waals surface area (Å²) < 4.78 is 16.5. The Hall–Kier alpha value is -2.50. The summed E-state index contributed by atoms with van der Waals surface area (Å²) in [5.41, 5.74) is 5.80. The number of hydrogen-bond donors (Lipinski definition) is 0. The molecule has 2 aliphatic rings. The summed E-state index contributed by atoms with van der Waals surface area (Å²) in [5, 5.41) is 4.28.